The zero-order valence-electron chi connectivity index (χ0n) is 21.2. The van der Waals surface area contributed by atoms with Crippen molar-refractivity contribution in [3.63, 3.8) is 0 Å². The van der Waals surface area contributed by atoms with Crippen LogP contribution in [0.4, 0.5) is 13.2 Å². The van der Waals surface area contributed by atoms with E-state index in [9.17, 15) is 21.6 Å². The Morgan fingerprint density at radius 3 is 2.38 bits per heavy atom. The molecular formula is C24H32F3N3O6S. The molecule has 9 nitrogen and oxygen atoms in total. The molecule has 0 radical (unpaired) electrons. The summed E-state index contributed by atoms with van der Waals surface area (Å²) in [6.07, 6.45) is -3.75. The summed E-state index contributed by atoms with van der Waals surface area (Å²) in [5.41, 5.74) is 2.04. The lowest BCUT2D eigenvalue weighted by atomic mass is 10.0. The molecule has 4 rings (SSSR count). The maximum atomic E-state index is 13.6. The predicted molar refractivity (Wildman–Crippen MR) is 128 cm³/mol. The molecule has 206 valence electrons. The molecule has 0 spiro atoms. The third-order valence-corrected chi connectivity index (χ3v) is 8.27. The summed E-state index contributed by atoms with van der Waals surface area (Å²) >= 11 is 0. The molecule has 1 fully saturated rings. The molecule has 2 aliphatic rings. The number of sulfonamides is 1. The minimum atomic E-state index is -5.08. The molecule has 13 heteroatoms. The van der Waals surface area contributed by atoms with Gasteiger partial charge in [0, 0.05) is 31.7 Å². The van der Waals surface area contributed by atoms with Gasteiger partial charge in [0.1, 0.15) is 22.5 Å². The number of benzene rings is 1. The van der Waals surface area contributed by atoms with Crippen LogP contribution >= 0.6 is 0 Å². The number of hydrogen-bond donors (Lipinski definition) is 1. The van der Waals surface area contributed by atoms with Crippen LogP contribution in [0, 0.1) is 19.8 Å². The Hall–Kier alpha value is -2.64. The van der Waals surface area contributed by atoms with Gasteiger partial charge in [0.15, 0.2) is 0 Å². The number of aromatic nitrogens is 1. The van der Waals surface area contributed by atoms with Gasteiger partial charge in [-0.3, -0.25) is 4.90 Å². The molecule has 1 aromatic heterocycles. The molecule has 0 unspecified atom stereocenters. The minimum absolute atomic E-state index is 0.170. The number of carbonyl (C=O) groups is 1. The second-order valence-electron chi connectivity index (χ2n) is 9.60. The van der Waals surface area contributed by atoms with Crippen molar-refractivity contribution in [2.75, 3.05) is 19.6 Å². The number of carboxylic acid groups (broad SMARTS) is 1. The van der Waals surface area contributed by atoms with Crippen LogP contribution in [0.1, 0.15) is 43.7 Å². The van der Waals surface area contributed by atoms with E-state index in [1.807, 2.05) is 19.9 Å². The average molecular weight is 548 g/mol. The van der Waals surface area contributed by atoms with Crippen molar-refractivity contribution in [3.05, 3.63) is 41.3 Å². The van der Waals surface area contributed by atoms with E-state index in [0.717, 1.165) is 49.5 Å². The fourth-order valence-electron chi connectivity index (χ4n) is 4.51. The Morgan fingerprint density at radius 2 is 1.81 bits per heavy atom. The highest BCUT2D eigenvalue weighted by Gasteiger charge is 2.43. The number of nitrogens with zero attached hydrogens (tertiary/aromatic N) is 3. The monoisotopic (exact) mass is 547 g/mol. The summed E-state index contributed by atoms with van der Waals surface area (Å²) in [4.78, 5) is 11.5. The number of ether oxygens (including phenoxy) is 1. The maximum absolute atomic E-state index is 13.6. The first-order valence-electron chi connectivity index (χ1n) is 11.9. The molecular weight excluding hydrogens is 515 g/mol. The van der Waals surface area contributed by atoms with Gasteiger partial charge < -0.3 is 14.4 Å². The third-order valence-electron chi connectivity index (χ3n) is 6.33. The fraction of sp³-hybridized carbons (Fsp3) is 0.583. The van der Waals surface area contributed by atoms with Crippen LogP contribution in [0.3, 0.4) is 0 Å². The summed E-state index contributed by atoms with van der Waals surface area (Å²) in [7, 11) is -3.62. The van der Waals surface area contributed by atoms with Crippen molar-refractivity contribution in [2.45, 2.75) is 70.3 Å². The molecule has 3 heterocycles. The molecule has 2 atom stereocenters. The molecule has 1 aromatic carbocycles. The Bertz CT molecular complexity index is 1180. The maximum Gasteiger partial charge on any atom is 0.490 e. The lowest BCUT2D eigenvalue weighted by molar-refractivity contribution is -0.192. The van der Waals surface area contributed by atoms with Crippen LogP contribution in [-0.2, 0) is 21.4 Å². The summed E-state index contributed by atoms with van der Waals surface area (Å²) < 4.78 is 72.2. The molecule has 2 aliphatic heterocycles. The third kappa shape index (κ3) is 6.82. The molecule has 37 heavy (non-hydrogen) atoms. The number of rotatable bonds is 4. The van der Waals surface area contributed by atoms with Crippen LogP contribution in [0.15, 0.2) is 33.7 Å². The van der Waals surface area contributed by atoms with Crippen molar-refractivity contribution < 1.29 is 40.8 Å². The number of alkyl halides is 3. The topological polar surface area (TPSA) is 113 Å². The van der Waals surface area contributed by atoms with Gasteiger partial charge in [-0.15, -0.1) is 0 Å². The van der Waals surface area contributed by atoms with E-state index in [-0.39, 0.29) is 23.0 Å². The number of para-hydroxylation sites is 1. The predicted octanol–water partition coefficient (Wildman–Crippen LogP) is 4.00. The van der Waals surface area contributed by atoms with Crippen molar-refractivity contribution in [1.29, 1.82) is 0 Å². The normalized spacial score (nSPS) is 22.1. The summed E-state index contributed by atoms with van der Waals surface area (Å²) in [5, 5.41) is 11.2. The zero-order valence-corrected chi connectivity index (χ0v) is 22.0. The molecule has 2 aromatic rings. The average Bonchev–Trinajstić information content (AvgIpc) is 2.96. The second kappa shape index (κ2) is 11.4. The largest absolute Gasteiger partial charge is 0.490 e. The van der Waals surface area contributed by atoms with E-state index in [1.54, 1.807) is 22.5 Å². The van der Waals surface area contributed by atoms with Crippen molar-refractivity contribution in [1.82, 2.24) is 14.4 Å². The Morgan fingerprint density at radius 1 is 1.19 bits per heavy atom. The Labute approximate surface area is 214 Å². The number of aryl methyl sites for hydroxylation is 2. The molecule has 0 amide bonds. The number of carboxylic acids is 1. The second-order valence-corrected chi connectivity index (χ2v) is 11.5. The summed E-state index contributed by atoms with van der Waals surface area (Å²) in [6.45, 7) is 10.9. The lowest BCUT2D eigenvalue weighted by Crippen LogP contribution is -2.48. The van der Waals surface area contributed by atoms with E-state index in [0.29, 0.717) is 12.3 Å². The first-order valence-corrected chi connectivity index (χ1v) is 13.4. The van der Waals surface area contributed by atoms with Crippen molar-refractivity contribution >= 4 is 16.0 Å². The number of halogens is 3. The van der Waals surface area contributed by atoms with Crippen LogP contribution in [-0.4, -0.2) is 71.8 Å². The Kier molecular flexibility index (Phi) is 8.91. The number of hydrogen-bond acceptors (Lipinski definition) is 7. The molecule has 1 saturated heterocycles. The van der Waals surface area contributed by atoms with Gasteiger partial charge in [0.25, 0.3) is 0 Å². The standard InChI is InChI=1S/C22H31N3O4S.C2HF3O2/c1-15(2)13-25-19-9-11-24(14-18-16(3)23-29-17(18)4)12-10-20(19)28-21-7-5-6-8-22(21)30(25,26)27;3-2(4,5)1(6)7/h5-8,15,19-20H,9-14H2,1-4H3;(H,6,7)/t19-,20-;/m0./s1. The quantitative estimate of drug-likeness (QED) is 0.611. The molecule has 0 saturated carbocycles. The zero-order chi connectivity index (χ0) is 27.5. The Balaban J connectivity index is 0.000000479. The highest BCUT2D eigenvalue weighted by Crippen LogP contribution is 2.37. The molecule has 0 bridgehead atoms. The first-order chi connectivity index (χ1) is 17.2. The van der Waals surface area contributed by atoms with Crippen molar-refractivity contribution in [3.8, 4) is 5.75 Å². The van der Waals surface area contributed by atoms with Gasteiger partial charge in [-0.25, -0.2) is 13.2 Å². The first kappa shape index (κ1) is 28.9. The van der Waals surface area contributed by atoms with Crippen LogP contribution in [0.2, 0.25) is 0 Å². The van der Waals surface area contributed by atoms with Gasteiger partial charge in [0.05, 0.1) is 11.7 Å². The van der Waals surface area contributed by atoms with Gasteiger partial charge in [-0.05, 0) is 44.7 Å². The number of aliphatic carboxylic acids is 1. The molecule has 0 aliphatic carbocycles. The van der Waals surface area contributed by atoms with E-state index < -0.39 is 22.2 Å². The van der Waals surface area contributed by atoms with Crippen LogP contribution < -0.4 is 4.74 Å². The minimum Gasteiger partial charge on any atom is -0.487 e. The van der Waals surface area contributed by atoms with Crippen LogP contribution in [0.25, 0.3) is 0 Å². The van der Waals surface area contributed by atoms with Gasteiger partial charge in [-0.1, -0.05) is 31.1 Å². The summed E-state index contributed by atoms with van der Waals surface area (Å²) in [6, 6.07) is 6.85. The number of likely N-dealkylation sites (tertiary alicyclic amines) is 1. The number of fused-ring (bicyclic) bond motifs is 2. The molecule has 1 N–H and O–H groups in total. The van der Waals surface area contributed by atoms with E-state index in [4.69, 9.17) is 19.2 Å². The lowest BCUT2D eigenvalue weighted by Gasteiger charge is -2.32. The van der Waals surface area contributed by atoms with Gasteiger partial charge in [-0.2, -0.15) is 17.5 Å². The van der Waals surface area contributed by atoms with E-state index in [2.05, 4.69) is 23.9 Å². The highest BCUT2D eigenvalue weighted by atomic mass is 32.2. The van der Waals surface area contributed by atoms with Gasteiger partial charge >= 0.3 is 12.1 Å². The van der Waals surface area contributed by atoms with Crippen molar-refractivity contribution in [2.24, 2.45) is 5.92 Å². The highest BCUT2D eigenvalue weighted by molar-refractivity contribution is 7.89. The van der Waals surface area contributed by atoms with Crippen LogP contribution in [0.5, 0.6) is 5.75 Å². The van der Waals surface area contributed by atoms with E-state index >= 15 is 0 Å². The van der Waals surface area contributed by atoms with Gasteiger partial charge in [0.2, 0.25) is 10.0 Å². The summed E-state index contributed by atoms with van der Waals surface area (Å²) in [5.74, 6) is -1.21. The fourth-order valence-corrected chi connectivity index (χ4v) is 6.48. The SMILES string of the molecule is Cc1noc(C)c1CN1CC[C@@H]2Oc3ccccc3S(=O)(=O)N(CC(C)C)[C@H]2CC1.O=C(O)C(F)(F)F. The smallest absolute Gasteiger partial charge is 0.487 e. The van der Waals surface area contributed by atoms with E-state index in [1.165, 1.54) is 0 Å².